The van der Waals surface area contributed by atoms with E-state index in [9.17, 15) is 0 Å². The van der Waals surface area contributed by atoms with Crippen molar-refractivity contribution in [2.45, 2.75) is 49.8 Å². The quantitative estimate of drug-likeness (QED) is 0.681. The van der Waals surface area contributed by atoms with Crippen LogP contribution in [0, 0.1) is 5.92 Å². The molecule has 2 aromatic rings. The van der Waals surface area contributed by atoms with Gasteiger partial charge < -0.3 is 5.73 Å². The maximum Gasteiger partial charge on any atom is 0.00720 e. The molecule has 2 atom stereocenters. The highest BCUT2D eigenvalue weighted by molar-refractivity contribution is 7.99. The van der Waals surface area contributed by atoms with Gasteiger partial charge in [-0.1, -0.05) is 49.7 Å². The zero-order valence-corrected chi connectivity index (χ0v) is 15.5. The van der Waals surface area contributed by atoms with Crippen LogP contribution in [0.5, 0.6) is 0 Å². The minimum atomic E-state index is 0.534. The summed E-state index contributed by atoms with van der Waals surface area (Å²) in [6.07, 6.45) is 6.18. The van der Waals surface area contributed by atoms with Crippen LogP contribution < -0.4 is 5.73 Å². The summed E-state index contributed by atoms with van der Waals surface area (Å²) in [6.45, 7) is 3.01. The van der Waals surface area contributed by atoms with Gasteiger partial charge in [0.25, 0.3) is 0 Å². The summed E-state index contributed by atoms with van der Waals surface area (Å²) in [5.74, 6) is 2.56. The summed E-state index contributed by atoms with van der Waals surface area (Å²) in [6, 6.07) is 17.9. The molecular weight excluding hydrogens is 310 g/mol. The first-order valence-corrected chi connectivity index (χ1v) is 10.3. The molecule has 0 aromatic heterocycles. The van der Waals surface area contributed by atoms with E-state index < -0.39 is 0 Å². The average Bonchev–Trinajstić information content (AvgIpc) is 2.64. The molecule has 1 aliphatic rings. The Morgan fingerprint density at radius 1 is 1.12 bits per heavy atom. The second kappa shape index (κ2) is 8.73. The Morgan fingerprint density at radius 2 is 1.96 bits per heavy atom. The van der Waals surface area contributed by atoms with Gasteiger partial charge in [-0.15, -0.1) is 11.8 Å². The topological polar surface area (TPSA) is 26.0 Å². The monoisotopic (exact) mass is 339 g/mol. The largest absolute Gasteiger partial charge is 0.330 e. The van der Waals surface area contributed by atoms with Crippen molar-refractivity contribution in [3.05, 3.63) is 65.2 Å². The van der Waals surface area contributed by atoms with E-state index in [0.717, 1.165) is 12.5 Å². The second-order valence-corrected chi connectivity index (χ2v) is 8.08. The normalized spacial score (nSPS) is 18.2. The highest BCUT2D eigenvalue weighted by atomic mass is 32.2. The molecule has 0 heterocycles. The molecular formula is C22H29NS. The molecule has 2 N–H and O–H groups in total. The van der Waals surface area contributed by atoms with Crippen LogP contribution >= 0.6 is 11.8 Å². The molecule has 2 heteroatoms. The summed E-state index contributed by atoms with van der Waals surface area (Å²) < 4.78 is 0. The van der Waals surface area contributed by atoms with Gasteiger partial charge in [0, 0.05) is 10.6 Å². The number of thioether (sulfide) groups is 1. The first-order chi connectivity index (χ1) is 11.8. The summed E-state index contributed by atoms with van der Waals surface area (Å²) in [4.78, 5) is 1.39. The van der Waals surface area contributed by atoms with Crippen molar-refractivity contribution in [2.24, 2.45) is 11.7 Å². The molecule has 2 aromatic carbocycles. The third-order valence-corrected chi connectivity index (χ3v) is 6.43. The molecule has 1 unspecified atom stereocenters. The number of rotatable bonds is 7. The van der Waals surface area contributed by atoms with Crippen LogP contribution in [-0.2, 0) is 12.8 Å². The summed E-state index contributed by atoms with van der Waals surface area (Å²) in [7, 11) is 0. The zero-order chi connectivity index (χ0) is 16.8. The summed E-state index contributed by atoms with van der Waals surface area (Å²) in [5.41, 5.74) is 10.6. The fourth-order valence-corrected chi connectivity index (χ4v) is 4.81. The van der Waals surface area contributed by atoms with E-state index in [1.807, 2.05) is 11.8 Å². The highest BCUT2D eigenvalue weighted by Crippen LogP contribution is 2.32. The van der Waals surface area contributed by atoms with Crippen LogP contribution in [0.4, 0.5) is 0 Å². The molecule has 1 nitrogen and oxygen atoms in total. The minimum absolute atomic E-state index is 0.534. The lowest BCUT2D eigenvalue weighted by Crippen LogP contribution is -2.18. The van der Waals surface area contributed by atoms with Crippen molar-refractivity contribution < 1.29 is 0 Å². The predicted molar refractivity (Wildman–Crippen MR) is 106 cm³/mol. The van der Waals surface area contributed by atoms with E-state index >= 15 is 0 Å². The van der Waals surface area contributed by atoms with Gasteiger partial charge in [-0.2, -0.15) is 0 Å². The Morgan fingerprint density at radius 3 is 2.71 bits per heavy atom. The van der Waals surface area contributed by atoms with Crippen molar-refractivity contribution in [3.8, 4) is 0 Å². The van der Waals surface area contributed by atoms with Crippen LogP contribution in [0.1, 0.15) is 48.8 Å². The maximum atomic E-state index is 5.98. The van der Waals surface area contributed by atoms with Crippen LogP contribution in [0.3, 0.4) is 0 Å². The molecule has 24 heavy (non-hydrogen) atoms. The van der Waals surface area contributed by atoms with E-state index in [1.165, 1.54) is 48.3 Å². The van der Waals surface area contributed by atoms with Gasteiger partial charge in [0.2, 0.25) is 0 Å². The SMILES string of the molecule is CCCC(CN)c1ccc2c(c1)CC[C@H](CSc1ccccc1)C2. The Hall–Kier alpha value is -1.25. The number of hydrogen-bond acceptors (Lipinski definition) is 2. The molecule has 0 spiro atoms. The molecule has 0 saturated heterocycles. The van der Waals surface area contributed by atoms with Crippen molar-refractivity contribution in [3.63, 3.8) is 0 Å². The molecule has 1 aliphatic carbocycles. The Balaban J connectivity index is 1.62. The van der Waals surface area contributed by atoms with Crippen molar-refractivity contribution >= 4 is 11.8 Å². The lowest BCUT2D eigenvalue weighted by Gasteiger charge is -2.26. The van der Waals surface area contributed by atoms with Gasteiger partial charge in [0.15, 0.2) is 0 Å². The van der Waals surface area contributed by atoms with E-state index in [2.05, 4.69) is 55.5 Å². The van der Waals surface area contributed by atoms with Crippen LogP contribution in [-0.4, -0.2) is 12.3 Å². The van der Waals surface area contributed by atoms with Gasteiger partial charge in [0.1, 0.15) is 0 Å². The predicted octanol–water partition coefficient (Wildman–Crippen LogP) is 5.43. The third kappa shape index (κ3) is 4.43. The summed E-state index contributed by atoms with van der Waals surface area (Å²) in [5, 5.41) is 0. The Bertz CT molecular complexity index is 638. The summed E-state index contributed by atoms with van der Waals surface area (Å²) >= 11 is 2.00. The van der Waals surface area contributed by atoms with E-state index in [1.54, 1.807) is 11.1 Å². The lowest BCUT2D eigenvalue weighted by atomic mass is 9.82. The van der Waals surface area contributed by atoms with Gasteiger partial charge in [-0.25, -0.2) is 0 Å². The Kier molecular flexibility index (Phi) is 6.39. The Labute approximate surface area is 151 Å². The lowest BCUT2D eigenvalue weighted by molar-refractivity contribution is 0.508. The van der Waals surface area contributed by atoms with Gasteiger partial charge in [-0.05, 0) is 72.9 Å². The molecule has 0 saturated carbocycles. The van der Waals surface area contributed by atoms with Gasteiger partial charge >= 0.3 is 0 Å². The van der Waals surface area contributed by atoms with Gasteiger partial charge in [0.05, 0.1) is 0 Å². The third-order valence-electron chi connectivity index (χ3n) is 5.18. The van der Waals surface area contributed by atoms with E-state index in [0.29, 0.717) is 5.92 Å². The molecule has 0 amide bonds. The molecule has 0 fully saturated rings. The van der Waals surface area contributed by atoms with Crippen LogP contribution in [0.15, 0.2) is 53.4 Å². The highest BCUT2D eigenvalue weighted by Gasteiger charge is 2.20. The maximum absolute atomic E-state index is 5.98. The van der Waals surface area contributed by atoms with Crippen molar-refractivity contribution in [2.75, 3.05) is 12.3 Å². The van der Waals surface area contributed by atoms with E-state index in [4.69, 9.17) is 5.73 Å². The molecule has 0 radical (unpaired) electrons. The minimum Gasteiger partial charge on any atom is -0.330 e. The van der Waals surface area contributed by atoms with Crippen molar-refractivity contribution in [1.82, 2.24) is 0 Å². The molecule has 3 rings (SSSR count). The van der Waals surface area contributed by atoms with Crippen LogP contribution in [0.2, 0.25) is 0 Å². The number of benzene rings is 2. The number of nitrogens with two attached hydrogens (primary N) is 1. The fourth-order valence-electron chi connectivity index (χ4n) is 3.75. The zero-order valence-electron chi connectivity index (χ0n) is 14.7. The van der Waals surface area contributed by atoms with Gasteiger partial charge in [-0.3, -0.25) is 0 Å². The molecule has 0 bridgehead atoms. The first kappa shape index (κ1) is 17.6. The smallest absolute Gasteiger partial charge is 0.00720 e. The van der Waals surface area contributed by atoms with Crippen LogP contribution in [0.25, 0.3) is 0 Å². The number of aryl methyl sites for hydroxylation is 1. The average molecular weight is 340 g/mol. The standard InChI is InChI=1S/C22H29NS/c1-2-6-21(15-23)20-12-11-18-13-17(9-10-19(18)14-20)16-24-22-7-4-3-5-8-22/h3-5,7-8,11-12,14,17,21H,2,6,9-10,13,15-16,23H2,1H3/t17-,21?/m0/s1. The first-order valence-electron chi connectivity index (χ1n) is 9.29. The fraction of sp³-hybridized carbons (Fsp3) is 0.455. The van der Waals surface area contributed by atoms with Crippen molar-refractivity contribution in [1.29, 1.82) is 0 Å². The molecule has 0 aliphatic heterocycles. The van der Waals surface area contributed by atoms with E-state index in [-0.39, 0.29) is 0 Å². The second-order valence-electron chi connectivity index (χ2n) is 6.98. The molecule has 128 valence electrons. The number of hydrogen-bond donors (Lipinski definition) is 1. The number of fused-ring (bicyclic) bond motifs is 1.